The monoisotopic (exact) mass is 460 g/mol. The maximum Gasteiger partial charge on any atom is 0.256 e. The van der Waals surface area contributed by atoms with E-state index in [0.29, 0.717) is 16.9 Å². The fourth-order valence-electron chi connectivity index (χ4n) is 2.40. The minimum atomic E-state index is -0.436. The first-order valence-corrected chi connectivity index (χ1v) is 9.08. The van der Waals surface area contributed by atoms with Gasteiger partial charge in [0.1, 0.15) is 6.04 Å². The lowest BCUT2D eigenvalue weighted by Gasteiger charge is -2.13. The molecule has 0 saturated heterocycles. The van der Waals surface area contributed by atoms with Crippen molar-refractivity contribution in [1.29, 1.82) is 0 Å². The number of carbonyl (C=O) groups is 2. The van der Waals surface area contributed by atoms with E-state index in [9.17, 15) is 9.59 Å². The van der Waals surface area contributed by atoms with Gasteiger partial charge in [0.25, 0.3) is 5.91 Å². The number of hydrogen-bond donors (Lipinski definition) is 2. The van der Waals surface area contributed by atoms with Gasteiger partial charge in [0.05, 0.1) is 5.56 Å². The number of nitrogens with zero attached hydrogens (tertiary/aromatic N) is 2. The van der Waals surface area contributed by atoms with Crippen LogP contribution in [0.15, 0.2) is 67.0 Å². The van der Waals surface area contributed by atoms with Crippen LogP contribution >= 0.6 is 22.6 Å². The summed E-state index contributed by atoms with van der Waals surface area (Å²) in [7, 11) is 0. The Kier molecular flexibility index (Phi) is 5.67. The summed E-state index contributed by atoms with van der Waals surface area (Å²) in [6.45, 7) is 1.77. The number of hydrogen-bond acceptors (Lipinski definition) is 3. The molecule has 7 heteroatoms. The van der Waals surface area contributed by atoms with Crippen molar-refractivity contribution in [1.82, 2.24) is 9.78 Å². The van der Waals surface area contributed by atoms with Crippen LogP contribution in [0, 0.1) is 3.57 Å². The maximum atomic E-state index is 12.4. The van der Waals surface area contributed by atoms with Gasteiger partial charge in [-0.1, -0.05) is 18.2 Å². The molecule has 0 spiro atoms. The van der Waals surface area contributed by atoms with Crippen molar-refractivity contribution in [3.63, 3.8) is 0 Å². The number of anilines is 2. The highest BCUT2D eigenvalue weighted by Crippen LogP contribution is 2.19. The van der Waals surface area contributed by atoms with Crippen LogP contribution in [0.1, 0.15) is 23.3 Å². The van der Waals surface area contributed by atoms with Gasteiger partial charge in [-0.25, -0.2) is 0 Å². The van der Waals surface area contributed by atoms with Crippen molar-refractivity contribution in [3.05, 3.63) is 76.1 Å². The van der Waals surface area contributed by atoms with Crippen LogP contribution < -0.4 is 10.6 Å². The molecule has 0 radical (unpaired) electrons. The molecule has 1 heterocycles. The quantitative estimate of drug-likeness (QED) is 0.567. The van der Waals surface area contributed by atoms with Gasteiger partial charge in [-0.2, -0.15) is 5.10 Å². The third-order valence-corrected chi connectivity index (χ3v) is 4.75. The third-order valence-electron chi connectivity index (χ3n) is 3.81. The zero-order valence-corrected chi connectivity index (χ0v) is 16.2. The number of halogens is 1. The Hall–Kier alpha value is -2.68. The molecule has 3 aromatic rings. The zero-order valence-electron chi connectivity index (χ0n) is 14.0. The van der Waals surface area contributed by atoms with Gasteiger partial charge in [-0.15, -0.1) is 0 Å². The minimum absolute atomic E-state index is 0.185. The standard InChI is InChI=1S/C19H17IN4O2/c1-13(24-11-5-10-21-24)18(25)22-14-6-4-7-15(12-14)23-19(26)16-8-2-3-9-17(16)20/h2-13H,1H3,(H,22,25)(H,23,26). The molecule has 6 nitrogen and oxygen atoms in total. The molecule has 1 atom stereocenters. The molecule has 3 rings (SSSR count). The van der Waals surface area contributed by atoms with Crippen LogP contribution in [0.3, 0.4) is 0 Å². The molecule has 1 aromatic heterocycles. The van der Waals surface area contributed by atoms with E-state index in [1.165, 1.54) is 0 Å². The lowest BCUT2D eigenvalue weighted by molar-refractivity contribution is -0.119. The molecule has 0 aliphatic rings. The Morgan fingerprint density at radius 3 is 2.46 bits per heavy atom. The van der Waals surface area contributed by atoms with Crippen LogP contribution in [0.5, 0.6) is 0 Å². The predicted octanol–water partition coefficient (Wildman–Crippen LogP) is 3.94. The van der Waals surface area contributed by atoms with Gasteiger partial charge >= 0.3 is 0 Å². The summed E-state index contributed by atoms with van der Waals surface area (Å²) >= 11 is 2.13. The van der Waals surface area contributed by atoms with E-state index >= 15 is 0 Å². The summed E-state index contributed by atoms with van der Waals surface area (Å²) in [6, 6.07) is 15.7. The molecule has 1 unspecified atom stereocenters. The number of rotatable bonds is 5. The van der Waals surface area contributed by atoms with Gasteiger partial charge in [0.2, 0.25) is 5.91 Å². The SMILES string of the molecule is CC(C(=O)Nc1cccc(NC(=O)c2ccccc2I)c1)n1cccn1. The highest BCUT2D eigenvalue weighted by molar-refractivity contribution is 14.1. The molecule has 2 amide bonds. The highest BCUT2D eigenvalue weighted by Gasteiger charge is 2.15. The molecule has 2 aromatic carbocycles. The van der Waals surface area contributed by atoms with E-state index in [4.69, 9.17) is 0 Å². The number of benzene rings is 2. The molecule has 0 fully saturated rings. The van der Waals surface area contributed by atoms with Crippen molar-refractivity contribution in [2.75, 3.05) is 10.6 Å². The average Bonchev–Trinajstić information content (AvgIpc) is 3.16. The van der Waals surface area contributed by atoms with E-state index in [0.717, 1.165) is 3.57 Å². The van der Waals surface area contributed by atoms with E-state index in [1.807, 2.05) is 18.2 Å². The average molecular weight is 460 g/mol. The maximum absolute atomic E-state index is 12.4. The van der Waals surface area contributed by atoms with Gasteiger partial charge in [0, 0.05) is 27.3 Å². The van der Waals surface area contributed by atoms with Crippen molar-refractivity contribution < 1.29 is 9.59 Å². The first-order valence-electron chi connectivity index (χ1n) is 8.00. The fraction of sp³-hybridized carbons (Fsp3) is 0.105. The number of amides is 2. The zero-order chi connectivity index (χ0) is 18.5. The lowest BCUT2D eigenvalue weighted by atomic mass is 10.2. The van der Waals surface area contributed by atoms with Gasteiger partial charge < -0.3 is 10.6 Å². The summed E-state index contributed by atoms with van der Waals surface area (Å²) in [6.07, 6.45) is 3.37. The number of carbonyl (C=O) groups excluding carboxylic acids is 2. The second-order valence-corrected chi connectivity index (χ2v) is 6.83. The predicted molar refractivity (Wildman–Crippen MR) is 109 cm³/mol. The Balaban J connectivity index is 1.69. The Morgan fingerprint density at radius 2 is 1.77 bits per heavy atom. The van der Waals surface area contributed by atoms with Crippen LogP contribution in [0.4, 0.5) is 11.4 Å². The summed E-state index contributed by atoms with van der Waals surface area (Å²) in [5.74, 6) is -0.377. The van der Waals surface area contributed by atoms with Gasteiger partial charge in [-0.3, -0.25) is 14.3 Å². The summed E-state index contributed by atoms with van der Waals surface area (Å²) in [4.78, 5) is 24.8. The summed E-state index contributed by atoms with van der Waals surface area (Å²) < 4.78 is 2.46. The fourth-order valence-corrected chi connectivity index (χ4v) is 3.03. The molecule has 26 heavy (non-hydrogen) atoms. The van der Waals surface area contributed by atoms with Crippen LogP contribution in [0.25, 0.3) is 0 Å². The smallest absolute Gasteiger partial charge is 0.256 e. The van der Waals surface area contributed by atoms with Crippen LogP contribution in [-0.2, 0) is 4.79 Å². The van der Waals surface area contributed by atoms with Crippen molar-refractivity contribution >= 4 is 45.8 Å². The second-order valence-electron chi connectivity index (χ2n) is 5.67. The highest BCUT2D eigenvalue weighted by atomic mass is 127. The van der Waals surface area contributed by atoms with Crippen molar-refractivity contribution in [2.45, 2.75) is 13.0 Å². The molecule has 2 N–H and O–H groups in total. The summed E-state index contributed by atoms with van der Waals surface area (Å²) in [5.41, 5.74) is 1.82. The first-order chi connectivity index (χ1) is 12.5. The minimum Gasteiger partial charge on any atom is -0.324 e. The van der Waals surface area contributed by atoms with Crippen LogP contribution in [0.2, 0.25) is 0 Å². The molecule has 0 bridgehead atoms. The molecule has 132 valence electrons. The van der Waals surface area contributed by atoms with Gasteiger partial charge in [-0.05, 0) is 65.9 Å². The Bertz CT molecular complexity index is 925. The topological polar surface area (TPSA) is 76.0 Å². The summed E-state index contributed by atoms with van der Waals surface area (Å²) in [5, 5.41) is 9.77. The Morgan fingerprint density at radius 1 is 1.04 bits per heavy atom. The lowest BCUT2D eigenvalue weighted by Crippen LogP contribution is -2.24. The van der Waals surface area contributed by atoms with E-state index in [1.54, 1.807) is 60.4 Å². The van der Waals surface area contributed by atoms with E-state index < -0.39 is 6.04 Å². The molecule has 0 saturated carbocycles. The van der Waals surface area contributed by atoms with Crippen LogP contribution in [-0.4, -0.2) is 21.6 Å². The number of aromatic nitrogens is 2. The molecule has 0 aliphatic carbocycles. The second kappa shape index (κ2) is 8.13. The Labute approximate surface area is 164 Å². The third kappa shape index (κ3) is 4.29. The van der Waals surface area contributed by atoms with Crippen molar-refractivity contribution in [2.24, 2.45) is 0 Å². The van der Waals surface area contributed by atoms with Gasteiger partial charge in [0.15, 0.2) is 0 Å². The molecular weight excluding hydrogens is 443 g/mol. The number of nitrogens with one attached hydrogen (secondary N) is 2. The van der Waals surface area contributed by atoms with E-state index in [-0.39, 0.29) is 11.8 Å². The van der Waals surface area contributed by atoms with E-state index in [2.05, 4.69) is 38.3 Å². The normalized spacial score (nSPS) is 11.6. The molecular formula is C19H17IN4O2. The first kappa shape index (κ1) is 18.1. The van der Waals surface area contributed by atoms with Crippen molar-refractivity contribution in [3.8, 4) is 0 Å². The largest absolute Gasteiger partial charge is 0.324 e. The molecule has 0 aliphatic heterocycles.